The van der Waals surface area contributed by atoms with E-state index in [0.717, 1.165) is 17.0 Å². The van der Waals surface area contributed by atoms with Crippen molar-refractivity contribution in [2.75, 3.05) is 5.32 Å². The van der Waals surface area contributed by atoms with Crippen molar-refractivity contribution in [1.82, 2.24) is 19.5 Å². The van der Waals surface area contributed by atoms with Crippen LogP contribution in [0.25, 0.3) is 11.2 Å². The van der Waals surface area contributed by atoms with E-state index in [-0.39, 0.29) is 6.04 Å². The third-order valence-corrected chi connectivity index (χ3v) is 3.10. The number of nitrogens with zero attached hydrogens (tertiary/aromatic N) is 4. The molecule has 1 atom stereocenters. The smallest absolute Gasteiger partial charge is 0.165 e. The number of aliphatic hydroxyl groups is 1. The van der Waals surface area contributed by atoms with E-state index in [4.69, 9.17) is 0 Å². The molecule has 104 valence electrons. The Kier molecular flexibility index (Phi) is 3.71. The molecule has 0 radical (unpaired) electrons. The number of hydrogen-bond acceptors (Lipinski definition) is 5. The Hall–Kier alpha value is -1.69. The van der Waals surface area contributed by atoms with Gasteiger partial charge in [-0.2, -0.15) is 0 Å². The fourth-order valence-corrected chi connectivity index (χ4v) is 1.85. The maximum Gasteiger partial charge on any atom is 0.165 e. The molecule has 2 aromatic heterocycles. The van der Waals surface area contributed by atoms with Gasteiger partial charge in [0.05, 0.1) is 18.5 Å². The van der Waals surface area contributed by atoms with Crippen LogP contribution in [0.1, 0.15) is 34.1 Å². The standard InChI is InChI=1S/C13H21N5O/c1-5-13(4,19)6-18-8-16-10-11(17-9(2)3)14-7-15-12(10)18/h7-9,19H,5-6H2,1-4H3,(H,14,15,17). The van der Waals surface area contributed by atoms with Crippen molar-refractivity contribution in [3.8, 4) is 0 Å². The van der Waals surface area contributed by atoms with Crippen LogP contribution in [-0.4, -0.2) is 36.3 Å². The molecule has 2 N–H and O–H groups in total. The SMILES string of the molecule is CCC(C)(O)Cn1cnc2c(NC(C)C)ncnc21. The molecule has 0 aliphatic carbocycles. The van der Waals surface area contributed by atoms with Gasteiger partial charge in [-0.1, -0.05) is 6.92 Å². The highest BCUT2D eigenvalue weighted by molar-refractivity contribution is 5.82. The second kappa shape index (κ2) is 5.13. The number of anilines is 1. The van der Waals surface area contributed by atoms with Crippen LogP contribution >= 0.6 is 0 Å². The van der Waals surface area contributed by atoms with E-state index in [0.29, 0.717) is 13.0 Å². The highest BCUT2D eigenvalue weighted by Gasteiger charge is 2.20. The van der Waals surface area contributed by atoms with Gasteiger partial charge in [-0.05, 0) is 27.2 Å². The third-order valence-electron chi connectivity index (χ3n) is 3.10. The van der Waals surface area contributed by atoms with Gasteiger partial charge >= 0.3 is 0 Å². The summed E-state index contributed by atoms with van der Waals surface area (Å²) in [6.07, 6.45) is 3.90. The van der Waals surface area contributed by atoms with E-state index in [9.17, 15) is 5.11 Å². The molecule has 0 saturated heterocycles. The number of hydrogen-bond donors (Lipinski definition) is 2. The van der Waals surface area contributed by atoms with Crippen molar-refractivity contribution < 1.29 is 5.11 Å². The van der Waals surface area contributed by atoms with Gasteiger partial charge in [-0.3, -0.25) is 0 Å². The fourth-order valence-electron chi connectivity index (χ4n) is 1.85. The van der Waals surface area contributed by atoms with Crippen molar-refractivity contribution in [1.29, 1.82) is 0 Å². The van der Waals surface area contributed by atoms with Crippen molar-refractivity contribution in [2.24, 2.45) is 0 Å². The van der Waals surface area contributed by atoms with E-state index >= 15 is 0 Å². The number of aromatic nitrogens is 4. The molecule has 2 aromatic rings. The quantitative estimate of drug-likeness (QED) is 0.860. The Morgan fingerprint density at radius 3 is 2.74 bits per heavy atom. The average molecular weight is 263 g/mol. The van der Waals surface area contributed by atoms with Gasteiger partial charge in [0.25, 0.3) is 0 Å². The van der Waals surface area contributed by atoms with Gasteiger partial charge in [0.1, 0.15) is 11.8 Å². The van der Waals surface area contributed by atoms with Crippen LogP contribution in [0.4, 0.5) is 5.82 Å². The molecule has 0 aliphatic rings. The Morgan fingerprint density at radius 1 is 1.37 bits per heavy atom. The lowest BCUT2D eigenvalue weighted by Gasteiger charge is -2.21. The van der Waals surface area contributed by atoms with Crippen LogP contribution in [0.15, 0.2) is 12.7 Å². The van der Waals surface area contributed by atoms with E-state index < -0.39 is 5.60 Å². The van der Waals surface area contributed by atoms with Gasteiger partial charge < -0.3 is 15.0 Å². The molecule has 0 spiro atoms. The Labute approximate surface area is 112 Å². The van der Waals surface area contributed by atoms with Crippen LogP contribution in [0.2, 0.25) is 0 Å². The maximum atomic E-state index is 10.2. The molecule has 1 unspecified atom stereocenters. The zero-order chi connectivity index (χ0) is 14.0. The molecule has 0 amide bonds. The van der Waals surface area contributed by atoms with E-state index in [1.54, 1.807) is 6.33 Å². The summed E-state index contributed by atoms with van der Waals surface area (Å²) in [6.45, 7) is 8.34. The van der Waals surface area contributed by atoms with Gasteiger partial charge in [0.15, 0.2) is 11.5 Å². The number of imidazole rings is 1. The first kappa shape index (κ1) is 13.7. The zero-order valence-corrected chi connectivity index (χ0v) is 11.9. The summed E-state index contributed by atoms with van der Waals surface area (Å²) in [5.41, 5.74) is 0.722. The lowest BCUT2D eigenvalue weighted by molar-refractivity contribution is 0.0389. The summed E-state index contributed by atoms with van der Waals surface area (Å²) in [5, 5.41) is 13.4. The minimum absolute atomic E-state index is 0.280. The minimum atomic E-state index is -0.760. The molecule has 0 aliphatic heterocycles. The molecule has 2 heterocycles. The molecule has 2 rings (SSSR count). The lowest BCUT2D eigenvalue weighted by atomic mass is 10.0. The Morgan fingerprint density at radius 2 is 2.11 bits per heavy atom. The van der Waals surface area contributed by atoms with Crippen LogP contribution in [0, 0.1) is 0 Å². The zero-order valence-electron chi connectivity index (χ0n) is 11.9. The molecule has 0 bridgehead atoms. The molecule has 0 aromatic carbocycles. The van der Waals surface area contributed by atoms with Crippen molar-refractivity contribution >= 4 is 17.0 Å². The topological polar surface area (TPSA) is 75.9 Å². The molecule has 0 fully saturated rings. The Bertz CT molecular complexity index is 561. The highest BCUT2D eigenvalue weighted by Crippen LogP contribution is 2.20. The summed E-state index contributed by atoms with van der Waals surface area (Å²) in [7, 11) is 0. The number of rotatable bonds is 5. The first-order valence-corrected chi connectivity index (χ1v) is 6.57. The average Bonchev–Trinajstić information content (AvgIpc) is 2.73. The normalized spacial score (nSPS) is 14.8. The molecular formula is C13H21N5O. The van der Waals surface area contributed by atoms with Gasteiger partial charge in [0, 0.05) is 6.04 Å². The van der Waals surface area contributed by atoms with Crippen LogP contribution in [-0.2, 0) is 6.54 Å². The van der Waals surface area contributed by atoms with Crippen molar-refractivity contribution in [3.05, 3.63) is 12.7 Å². The molecular weight excluding hydrogens is 242 g/mol. The lowest BCUT2D eigenvalue weighted by Crippen LogP contribution is -2.29. The van der Waals surface area contributed by atoms with Crippen molar-refractivity contribution in [3.63, 3.8) is 0 Å². The predicted molar refractivity (Wildman–Crippen MR) is 75.0 cm³/mol. The van der Waals surface area contributed by atoms with Gasteiger partial charge in [0.2, 0.25) is 0 Å². The largest absolute Gasteiger partial charge is 0.388 e. The van der Waals surface area contributed by atoms with Crippen LogP contribution < -0.4 is 5.32 Å². The fraction of sp³-hybridized carbons (Fsp3) is 0.615. The minimum Gasteiger partial charge on any atom is -0.388 e. The maximum absolute atomic E-state index is 10.2. The van der Waals surface area contributed by atoms with Gasteiger partial charge in [-0.15, -0.1) is 0 Å². The summed E-state index contributed by atoms with van der Waals surface area (Å²) >= 11 is 0. The monoisotopic (exact) mass is 263 g/mol. The molecule has 6 heteroatoms. The van der Waals surface area contributed by atoms with E-state index in [1.165, 1.54) is 6.33 Å². The number of fused-ring (bicyclic) bond motifs is 1. The first-order chi connectivity index (χ1) is 8.93. The first-order valence-electron chi connectivity index (χ1n) is 6.57. The van der Waals surface area contributed by atoms with Crippen LogP contribution in [0.3, 0.4) is 0 Å². The summed E-state index contributed by atoms with van der Waals surface area (Å²) < 4.78 is 1.87. The third kappa shape index (κ3) is 3.01. The summed E-state index contributed by atoms with van der Waals surface area (Å²) in [4.78, 5) is 12.8. The number of nitrogens with one attached hydrogen (secondary N) is 1. The van der Waals surface area contributed by atoms with Gasteiger partial charge in [-0.25, -0.2) is 15.0 Å². The van der Waals surface area contributed by atoms with E-state index in [2.05, 4.69) is 20.3 Å². The van der Waals surface area contributed by atoms with Crippen LogP contribution in [0.5, 0.6) is 0 Å². The summed E-state index contributed by atoms with van der Waals surface area (Å²) in [6, 6.07) is 0.280. The second-order valence-corrected chi connectivity index (χ2v) is 5.42. The summed E-state index contributed by atoms with van der Waals surface area (Å²) in [5.74, 6) is 0.731. The van der Waals surface area contributed by atoms with Crippen molar-refractivity contribution in [2.45, 2.75) is 52.3 Å². The Balaban J connectivity index is 2.38. The predicted octanol–water partition coefficient (Wildman–Crippen LogP) is 1.81. The molecule has 6 nitrogen and oxygen atoms in total. The molecule has 19 heavy (non-hydrogen) atoms. The second-order valence-electron chi connectivity index (χ2n) is 5.42. The molecule has 0 saturated carbocycles. The van der Waals surface area contributed by atoms with E-state index in [1.807, 2.05) is 32.3 Å². The highest BCUT2D eigenvalue weighted by atomic mass is 16.3.